The van der Waals surface area contributed by atoms with Crippen molar-refractivity contribution >= 4 is 11.8 Å². The van der Waals surface area contributed by atoms with Crippen molar-refractivity contribution in [2.45, 2.75) is 74.7 Å². The van der Waals surface area contributed by atoms with Crippen molar-refractivity contribution in [1.82, 2.24) is 10.6 Å². The lowest BCUT2D eigenvalue weighted by Crippen LogP contribution is -2.66. The van der Waals surface area contributed by atoms with Crippen molar-refractivity contribution in [3.05, 3.63) is 0 Å². The van der Waals surface area contributed by atoms with Crippen LogP contribution in [0.15, 0.2) is 0 Å². The molecule has 0 aromatic carbocycles. The molecule has 2 heterocycles. The SMILES string of the molecule is O=C1CC[C@H](NC(=O)C(F)(F)C2(O)CCC2)[C@@H](C2CCCO2)N1. The molecule has 0 aromatic heterocycles. The van der Waals surface area contributed by atoms with Gasteiger partial charge < -0.3 is 20.5 Å². The fraction of sp³-hybridized carbons (Fsp3) is 0.867. The summed E-state index contributed by atoms with van der Waals surface area (Å²) in [6.45, 7) is 0.563. The third-order valence-electron chi connectivity index (χ3n) is 5.18. The van der Waals surface area contributed by atoms with E-state index in [1.165, 1.54) is 0 Å². The fourth-order valence-corrected chi connectivity index (χ4v) is 3.52. The van der Waals surface area contributed by atoms with Crippen molar-refractivity contribution in [2.75, 3.05) is 6.61 Å². The first kappa shape index (κ1) is 16.6. The molecule has 2 saturated heterocycles. The molecular weight excluding hydrogens is 310 g/mol. The van der Waals surface area contributed by atoms with Crippen molar-refractivity contribution in [2.24, 2.45) is 0 Å². The van der Waals surface area contributed by atoms with Gasteiger partial charge >= 0.3 is 5.92 Å². The minimum absolute atomic E-state index is 0.0794. The molecule has 2 amide bonds. The van der Waals surface area contributed by atoms with Gasteiger partial charge in [-0.15, -0.1) is 0 Å². The summed E-state index contributed by atoms with van der Waals surface area (Å²) in [5.74, 6) is -5.46. The van der Waals surface area contributed by atoms with Crippen LogP contribution < -0.4 is 10.6 Å². The molecule has 0 bridgehead atoms. The highest BCUT2D eigenvalue weighted by atomic mass is 19.3. The van der Waals surface area contributed by atoms with E-state index in [0.29, 0.717) is 13.0 Å². The van der Waals surface area contributed by atoms with Crippen LogP contribution in [0.2, 0.25) is 0 Å². The van der Waals surface area contributed by atoms with E-state index in [2.05, 4.69) is 10.6 Å². The predicted molar refractivity (Wildman–Crippen MR) is 75.8 cm³/mol. The number of alkyl halides is 2. The number of carbonyl (C=O) groups excluding carboxylic acids is 2. The van der Waals surface area contributed by atoms with Gasteiger partial charge in [0.05, 0.1) is 18.2 Å². The first-order valence-corrected chi connectivity index (χ1v) is 8.16. The van der Waals surface area contributed by atoms with Gasteiger partial charge in [0.25, 0.3) is 5.91 Å². The maximum Gasteiger partial charge on any atom is 0.352 e. The number of amides is 2. The van der Waals surface area contributed by atoms with E-state index >= 15 is 0 Å². The highest BCUT2D eigenvalue weighted by Crippen LogP contribution is 2.44. The van der Waals surface area contributed by atoms with Crippen LogP contribution in [0.25, 0.3) is 0 Å². The Hall–Kier alpha value is -1.28. The van der Waals surface area contributed by atoms with Crippen molar-refractivity contribution < 1.29 is 28.2 Å². The molecule has 0 radical (unpaired) electrons. The number of rotatable bonds is 4. The van der Waals surface area contributed by atoms with Crippen molar-refractivity contribution in [3.8, 4) is 0 Å². The highest BCUT2D eigenvalue weighted by Gasteiger charge is 2.61. The minimum atomic E-state index is -3.83. The Labute approximate surface area is 132 Å². The van der Waals surface area contributed by atoms with Gasteiger partial charge in [-0.3, -0.25) is 9.59 Å². The molecule has 1 aliphatic carbocycles. The summed E-state index contributed by atoms with van der Waals surface area (Å²) in [6, 6.07) is -1.12. The van der Waals surface area contributed by atoms with E-state index in [-0.39, 0.29) is 37.7 Å². The number of ether oxygens (including phenoxy) is 1. The first-order chi connectivity index (χ1) is 10.8. The smallest absolute Gasteiger partial charge is 0.352 e. The minimum Gasteiger partial charge on any atom is -0.383 e. The summed E-state index contributed by atoms with van der Waals surface area (Å²) in [5.41, 5.74) is -2.24. The first-order valence-electron chi connectivity index (χ1n) is 8.16. The maximum absolute atomic E-state index is 14.2. The van der Waals surface area contributed by atoms with E-state index in [9.17, 15) is 23.5 Å². The van der Waals surface area contributed by atoms with Gasteiger partial charge in [0.2, 0.25) is 5.91 Å². The van der Waals surface area contributed by atoms with Gasteiger partial charge in [-0.25, -0.2) is 0 Å². The Morgan fingerprint density at radius 1 is 1.35 bits per heavy atom. The molecule has 0 aromatic rings. The topological polar surface area (TPSA) is 87.7 Å². The number of piperidine rings is 1. The summed E-state index contributed by atoms with van der Waals surface area (Å²) >= 11 is 0. The lowest BCUT2D eigenvalue weighted by molar-refractivity contribution is -0.216. The van der Waals surface area contributed by atoms with Crippen LogP contribution in [0.5, 0.6) is 0 Å². The average molecular weight is 332 g/mol. The second kappa shape index (κ2) is 5.98. The molecule has 130 valence electrons. The van der Waals surface area contributed by atoms with Crippen molar-refractivity contribution in [3.63, 3.8) is 0 Å². The number of hydrogen-bond acceptors (Lipinski definition) is 4. The zero-order valence-corrected chi connectivity index (χ0v) is 12.8. The molecule has 3 fully saturated rings. The van der Waals surface area contributed by atoms with Gasteiger partial charge in [-0.1, -0.05) is 0 Å². The molecular formula is C15H22F2N2O4. The number of hydrogen-bond donors (Lipinski definition) is 3. The van der Waals surface area contributed by atoms with Crippen LogP contribution in [0, 0.1) is 0 Å². The Kier molecular flexibility index (Phi) is 4.31. The normalized spacial score (nSPS) is 33.7. The van der Waals surface area contributed by atoms with Crippen LogP contribution >= 0.6 is 0 Å². The number of nitrogens with one attached hydrogen (secondary N) is 2. The van der Waals surface area contributed by atoms with Crippen LogP contribution in [0.4, 0.5) is 8.78 Å². The van der Waals surface area contributed by atoms with Crippen molar-refractivity contribution in [1.29, 1.82) is 0 Å². The predicted octanol–water partition coefficient (Wildman–Crippen LogP) is 0.479. The summed E-state index contributed by atoms with van der Waals surface area (Å²) in [6.07, 6.45) is 2.07. The third-order valence-corrected chi connectivity index (χ3v) is 5.18. The van der Waals surface area contributed by atoms with Crippen LogP contribution in [0.1, 0.15) is 44.9 Å². The maximum atomic E-state index is 14.2. The standard InChI is InChI=1S/C15H22F2N2O4/c16-15(17,14(22)6-2-7-14)13(21)18-9-4-5-11(20)19-12(9)10-3-1-8-23-10/h9-10,12,22H,1-8H2,(H,18,21)(H,19,20)/t9-,10?,12-/m0/s1. The monoisotopic (exact) mass is 332 g/mol. The molecule has 3 N–H and O–H groups in total. The molecule has 6 nitrogen and oxygen atoms in total. The zero-order valence-electron chi connectivity index (χ0n) is 12.8. The number of halogens is 2. The Morgan fingerprint density at radius 3 is 2.65 bits per heavy atom. The van der Waals surface area contributed by atoms with Crippen LogP contribution in [0.3, 0.4) is 0 Å². The Morgan fingerprint density at radius 2 is 2.09 bits per heavy atom. The molecule has 23 heavy (non-hydrogen) atoms. The van der Waals surface area contributed by atoms with E-state index in [1.54, 1.807) is 0 Å². The summed E-state index contributed by atoms with van der Waals surface area (Å²) in [4.78, 5) is 23.6. The largest absolute Gasteiger partial charge is 0.383 e. The second-order valence-corrected chi connectivity index (χ2v) is 6.72. The zero-order chi connectivity index (χ0) is 16.7. The lowest BCUT2D eigenvalue weighted by atomic mass is 9.75. The molecule has 0 spiro atoms. The van der Waals surface area contributed by atoms with Gasteiger partial charge in [0.15, 0.2) is 0 Å². The quantitative estimate of drug-likeness (QED) is 0.699. The molecule has 2 aliphatic heterocycles. The summed E-state index contributed by atoms with van der Waals surface area (Å²) < 4.78 is 33.9. The summed E-state index contributed by atoms with van der Waals surface area (Å²) in [5, 5.41) is 14.9. The van der Waals surface area contributed by atoms with Crippen LogP contribution in [-0.4, -0.2) is 53.2 Å². The van der Waals surface area contributed by atoms with E-state index in [4.69, 9.17) is 4.74 Å². The van der Waals surface area contributed by atoms with Gasteiger partial charge in [0, 0.05) is 13.0 Å². The molecule has 1 unspecified atom stereocenters. The van der Waals surface area contributed by atoms with E-state index in [1.807, 2.05) is 0 Å². The van der Waals surface area contributed by atoms with Gasteiger partial charge in [-0.05, 0) is 38.5 Å². The van der Waals surface area contributed by atoms with Gasteiger partial charge in [0.1, 0.15) is 5.60 Å². The Balaban J connectivity index is 1.69. The number of aliphatic hydroxyl groups is 1. The summed E-state index contributed by atoms with van der Waals surface area (Å²) in [7, 11) is 0. The third kappa shape index (κ3) is 2.94. The van der Waals surface area contributed by atoms with Crippen LogP contribution in [-0.2, 0) is 14.3 Å². The van der Waals surface area contributed by atoms with E-state index < -0.39 is 29.5 Å². The Bertz CT molecular complexity index is 490. The second-order valence-electron chi connectivity index (χ2n) is 6.72. The van der Waals surface area contributed by atoms with E-state index in [0.717, 1.165) is 12.8 Å². The molecule has 3 aliphatic rings. The fourth-order valence-electron chi connectivity index (χ4n) is 3.52. The molecule has 3 atom stereocenters. The number of carbonyl (C=O) groups is 2. The molecule has 3 rings (SSSR count). The molecule has 8 heteroatoms. The molecule has 1 saturated carbocycles. The highest BCUT2D eigenvalue weighted by molar-refractivity contribution is 5.86. The van der Waals surface area contributed by atoms with Gasteiger partial charge in [-0.2, -0.15) is 8.78 Å². The average Bonchev–Trinajstić information content (AvgIpc) is 3.00. The lowest BCUT2D eigenvalue weighted by Gasteiger charge is -2.43.